The van der Waals surface area contributed by atoms with Crippen LogP contribution < -0.4 is 4.90 Å². The highest BCUT2D eigenvalue weighted by atomic mass is 16.5. The van der Waals surface area contributed by atoms with E-state index in [1.165, 1.54) is 6.92 Å². The van der Waals surface area contributed by atoms with Gasteiger partial charge in [-0.3, -0.25) is 9.59 Å². The van der Waals surface area contributed by atoms with E-state index >= 15 is 0 Å². The summed E-state index contributed by atoms with van der Waals surface area (Å²) in [5, 5.41) is 0. The summed E-state index contributed by atoms with van der Waals surface area (Å²) in [6.07, 6.45) is 4.98. The molecule has 1 aliphatic rings. The number of hydrogen-bond donors (Lipinski definition) is 0. The molecule has 2 heterocycles. The smallest absolute Gasteiger partial charge is 0.303 e. The number of aromatic nitrogens is 2. The lowest BCUT2D eigenvalue weighted by Gasteiger charge is -2.32. The van der Waals surface area contributed by atoms with Crippen LogP contribution in [0, 0.1) is 19.8 Å². The van der Waals surface area contributed by atoms with Gasteiger partial charge < -0.3 is 14.2 Å². The normalized spacial score (nSPS) is 17.2. The maximum atomic E-state index is 12.7. The minimum absolute atomic E-state index is 0.0753. The third kappa shape index (κ3) is 5.00. The molecule has 1 aromatic heterocycles. The molecule has 1 fully saturated rings. The first kappa shape index (κ1) is 22.8. The van der Waals surface area contributed by atoms with Gasteiger partial charge in [0.1, 0.15) is 0 Å². The topological polar surface area (TPSA) is 64.4 Å². The van der Waals surface area contributed by atoms with Crippen molar-refractivity contribution < 1.29 is 14.3 Å². The number of esters is 1. The van der Waals surface area contributed by atoms with E-state index < -0.39 is 6.10 Å². The van der Waals surface area contributed by atoms with Gasteiger partial charge in [0.15, 0.2) is 6.10 Å². The lowest BCUT2D eigenvalue weighted by Crippen LogP contribution is -2.40. The number of anilines is 1. The number of amides is 1. The van der Waals surface area contributed by atoms with Crippen LogP contribution in [0.4, 0.5) is 5.69 Å². The van der Waals surface area contributed by atoms with Gasteiger partial charge in [0, 0.05) is 31.6 Å². The van der Waals surface area contributed by atoms with Crippen LogP contribution in [0.2, 0.25) is 0 Å². The number of aryl methyl sites for hydroxylation is 2. The van der Waals surface area contributed by atoms with E-state index in [-0.39, 0.29) is 17.8 Å². The first-order chi connectivity index (χ1) is 15.8. The zero-order chi connectivity index (χ0) is 23.5. The molecule has 0 spiro atoms. The summed E-state index contributed by atoms with van der Waals surface area (Å²) in [5.74, 6) is -0.0587. The van der Waals surface area contributed by atoms with Crippen LogP contribution in [0.25, 0.3) is 0 Å². The Balaban J connectivity index is 1.60. The minimum Gasteiger partial charge on any atom is -0.451 e. The summed E-state index contributed by atoms with van der Waals surface area (Å²) in [6, 6.07) is 14.2. The van der Waals surface area contributed by atoms with Crippen molar-refractivity contribution in [3.05, 3.63) is 82.9 Å². The Morgan fingerprint density at radius 3 is 2.64 bits per heavy atom. The average Bonchev–Trinajstić information content (AvgIpc) is 3.23. The van der Waals surface area contributed by atoms with Gasteiger partial charge >= 0.3 is 5.97 Å². The van der Waals surface area contributed by atoms with E-state index in [0.29, 0.717) is 6.54 Å². The summed E-state index contributed by atoms with van der Waals surface area (Å²) in [5.41, 5.74) is 6.02. The third-order valence-electron chi connectivity index (χ3n) is 6.29. The Hall–Kier alpha value is -3.41. The van der Waals surface area contributed by atoms with Crippen molar-refractivity contribution in [2.75, 3.05) is 11.4 Å². The number of hydrogen-bond acceptors (Lipinski definition) is 4. The van der Waals surface area contributed by atoms with Crippen LogP contribution >= 0.6 is 0 Å². The lowest BCUT2D eigenvalue weighted by atomic mass is 9.97. The SMILES string of the molecule is CC(=O)OC(c1ccc(C)cc1)c1cncn1Cc1ccc(N2CCCC(C)C2=O)c(C)c1. The van der Waals surface area contributed by atoms with Crippen LogP contribution in [-0.2, 0) is 20.9 Å². The van der Waals surface area contributed by atoms with Crippen molar-refractivity contribution in [2.45, 2.75) is 53.2 Å². The molecule has 6 heteroatoms. The van der Waals surface area contributed by atoms with Crippen LogP contribution in [0.15, 0.2) is 55.0 Å². The van der Waals surface area contributed by atoms with E-state index in [2.05, 4.69) is 17.1 Å². The molecule has 1 amide bonds. The number of carbonyl (C=O) groups excluding carboxylic acids is 2. The van der Waals surface area contributed by atoms with E-state index in [1.54, 1.807) is 12.5 Å². The van der Waals surface area contributed by atoms with Gasteiger partial charge in [-0.15, -0.1) is 0 Å². The molecule has 0 N–H and O–H groups in total. The molecule has 4 rings (SSSR count). The van der Waals surface area contributed by atoms with E-state index in [9.17, 15) is 9.59 Å². The van der Waals surface area contributed by atoms with Gasteiger partial charge in [-0.2, -0.15) is 0 Å². The molecule has 0 bridgehead atoms. The predicted octanol–water partition coefficient (Wildman–Crippen LogP) is 4.96. The summed E-state index contributed by atoms with van der Waals surface area (Å²) in [6.45, 7) is 8.87. The number of carbonyl (C=O) groups is 2. The maximum absolute atomic E-state index is 12.7. The monoisotopic (exact) mass is 445 g/mol. The minimum atomic E-state index is -0.529. The molecule has 0 saturated carbocycles. The molecule has 1 aliphatic heterocycles. The van der Waals surface area contributed by atoms with Gasteiger partial charge in [0.25, 0.3) is 0 Å². The van der Waals surface area contributed by atoms with Crippen molar-refractivity contribution in [1.29, 1.82) is 0 Å². The molecule has 33 heavy (non-hydrogen) atoms. The molecule has 2 atom stereocenters. The molecular weight excluding hydrogens is 414 g/mol. The number of rotatable bonds is 6. The van der Waals surface area contributed by atoms with Crippen LogP contribution in [0.3, 0.4) is 0 Å². The highest BCUT2D eigenvalue weighted by molar-refractivity contribution is 5.96. The quantitative estimate of drug-likeness (QED) is 0.503. The Bertz CT molecular complexity index is 1150. The van der Waals surface area contributed by atoms with E-state index in [4.69, 9.17) is 4.74 Å². The number of imidazole rings is 1. The van der Waals surface area contributed by atoms with Gasteiger partial charge in [0.2, 0.25) is 5.91 Å². The van der Waals surface area contributed by atoms with E-state index in [1.807, 2.05) is 60.6 Å². The zero-order valence-electron chi connectivity index (χ0n) is 19.7. The average molecular weight is 446 g/mol. The van der Waals surface area contributed by atoms with Crippen molar-refractivity contribution in [2.24, 2.45) is 5.92 Å². The van der Waals surface area contributed by atoms with Crippen LogP contribution in [0.1, 0.15) is 60.7 Å². The predicted molar refractivity (Wildman–Crippen MR) is 128 cm³/mol. The Morgan fingerprint density at radius 1 is 1.18 bits per heavy atom. The van der Waals surface area contributed by atoms with Crippen molar-refractivity contribution in [1.82, 2.24) is 9.55 Å². The molecule has 2 unspecified atom stereocenters. The summed E-state index contributed by atoms with van der Waals surface area (Å²) in [4.78, 5) is 30.8. The second-order valence-corrected chi connectivity index (χ2v) is 9.00. The van der Waals surface area contributed by atoms with Crippen molar-refractivity contribution >= 4 is 17.6 Å². The molecular formula is C27H31N3O3. The highest BCUT2D eigenvalue weighted by Crippen LogP contribution is 2.30. The maximum Gasteiger partial charge on any atom is 0.303 e. The zero-order valence-corrected chi connectivity index (χ0v) is 19.7. The number of piperidine rings is 1. The van der Waals surface area contributed by atoms with Crippen molar-refractivity contribution in [3.8, 4) is 0 Å². The van der Waals surface area contributed by atoms with Crippen molar-refractivity contribution in [3.63, 3.8) is 0 Å². The van der Waals surface area contributed by atoms with Crippen LogP contribution in [-0.4, -0.2) is 28.0 Å². The van der Waals surface area contributed by atoms with Gasteiger partial charge in [-0.25, -0.2) is 4.98 Å². The number of nitrogens with zero attached hydrogens (tertiary/aromatic N) is 3. The molecule has 0 radical (unpaired) electrons. The largest absolute Gasteiger partial charge is 0.451 e. The standard InChI is InChI=1S/C27H31N3O3/c1-18-7-10-23(11-8-18)26(33-21(4)31)25-15-28-17-29(25)16-22-9-12-24(20(3)14-22)30-13-5-6-19(2)27(30)32/h7-12,14-15,17,19,26H,5-6,13,16H2,1-4H3. The molecule has 2 aromatic carbocycles. The van der Waals surface area contributed by atoms with E-state index in [0.717, 1.165) is 53.0 Å². The molecule has 3 aromatic rings. The number of benzene rings is 2. The van der Waals surface area contributed by atoms with Gasteiger partial charge in [0.05, 0.1) is 18.2 Å². The Labute approximate surface area is 195 Å². The first-order valence-electron chi connectivity index (χ1n) is 11.5. The number of ether oxygens (including phenoxy) is 1. The molecule has 1 saturated heterocycles. The highest BCUT2D eigenvalue weighted by Gasteiger charge is 2.27. The molecule has 172 valence electrons. The second kappa shape index (κ2) is 9.61. The van der Waals surface area contributed by atoms with Gasteiger partial charge in [-0.1, -0.05) is 48.9 Å². The van der Waals surface area contributed by atoms with Gasteiger partial charge in [-0.05, 0) is 49.4 Å². The summed E-state index contributed by atoms with van der Waals surface area (Å²) >= 11 is 0. The first-order valence-corrected chi connectivity index (χ1v) is 11.5. The Kier molecular flexibility index (Phi) is 6.63. The third-order valence-corrected chi connectivity index (χ3v) is 6.29. The summed E-state index contributed by atoms with van der Waals surface area (Å²) in [7, 11) is 0. The van der Waals surface area contributed by atoms with Crippen LogP contribution in [0.5, 0.6) is 0 Å². The summed E-state index contributed by atoms with van der Waals surface area (Å²) < 4.78 is 7.71. The second-order valence-electron chi connectivity index (χ2n) is 9.00. The fourth-order valence-corrected chi connectivity index (χ4v) is 4.50. The fraction of sp³-hybridized carbons (Fsp3) is 0.370. The molecule has 6 nitrogen and oxygen atoms in total. The fourth-order valence-electron chi connectivity index (χ4n) is 4.50. The molecule has 0 aliphatic carbocycles. The lowest BCUT2D eigenvalue weighted by molar-refractivity contribution is -0.145. The Morgan fingerprint density at radius 2 is 1.94 bits per heavy atom.